The second kappa shape index (κ2) is 12.5. The van der Waals surface area contributed by atoms with Crippen molar-refractivity contribution in [3.8, 4) is 11.5 Å². The molecule has 3 aromatic carbocycles. The van der Waals surface area contributed by atoms with E-state index >= 15 is 0 Å². The van der Waals surface area contributed by atoms with Crippen molar-refractivity contribution in [2.75, 3.05) is 24.4 Å². The molecule has 0 spiro atoms. The van der Waals surface area contributed by atoms with Crippen LogP contribution >= 0.6 is 11.8 Å². The SMILES string of the molecule is CCOC(=O)C1=C(C)N(c2ccccc2)C(SC)=N[C@H]1c1ccc(OCc2ccccc2)c(OCC)c1. The van der Waals surface area contributed by atoms with Gasteiger partial charge in [-0.25, -0.2) is 9.79 Å². The molecule has 1 atom stereocenters. The Morgan fingerprint density at radius 2 is 1.62 bits per heavy atom. The summed E-state index contributed by atoms with van der Waals surface area (Å²) in [6.07, 6.45) is 1.99. The third-order valence-corrected chi connectivity index (χ3v) is 6.60. The van der Waals surface area contributed by atoms with Gasteiger partial charge in [0, 0.05) is 11.4 Å². The smallest absolute Gasteiger partial charge is 0.338 e. The molecule has 0 N–H and O–H groups in total. The van der Waals surface area contributed by atoms with E-state index in [1.807, 2.05) is 111 Å². The number of hydrogen-bond acceptors (Lipinski definition) is 7. The summed E-state index contributed by atoms with van der Waals surface area (Å²) in [4.78, 5) is 20.3. The van der Waals surface area contributed by atoms with E-state index in [2.05, 4.69) is 0 Å². The highest BCUT2D eigenvalue weighted by atomic mass is 32.2. The number of esters is 1. The molecule has 1 aliphatic rings. The van der Waals surface area contributed by atoms with E-state index in [9.17, 15) is 4.79 Å². The predicted octanol–water partition coefficient (Wildman–Crippen LogP) is 6.78. The average Bonchev–Trinajstić information content (AvgIpc) is 2.93. The number of allylic oxidation sites excluding steroid dienone is 1. The summed E-state index contributed by atoms with van der Waals surface area (Å²) in [5.74, 6) is 0.879. The molecule has 192 valence electrons. The maximum Gasteiger partial charge on any atom is 0.338 e. The van der Waals surface area contributed by atoms with Gasteiger partial charge in [-0.1, -0.05) is 66.4 Å². The fourth-order valence-electron chi connectivity index (χ4n) is 4.25. The third kappa shape index (κ3) is 6.00. The van der Waals surface area contributed by atoms with Crippen molar-refractivity contribution in [3.05, 3.63) is 101 Å². The monoisotopic (exact) mass is 516 g/mol. The molecule has 0 aromatic heterocycles. The van der Waals surface area contributed by atoms with Crippen molar-refractivity contribution in [3.63, 3.8) is 0 Å². The lowest BCUT2D eigenvalue weighted by molar-refractivity contribution is -0.138. The van der Waals surface area contributed by atoms with Gasteiger partial charge in [0.2, 0.25) is 0 Å². The van der Waals surface area contributed by atoms with Crippen LogP contribution in [0, 0.1) is 0 Å². The average molecular weight is 517 g/mol. The number of carbonyl (C=O) groups excluding carboxylic acids is 1. The molecular weight excluding hydrogens is 484 g/mol. The zero-order valence-electron chi connectivity index (χ0n) is 21.6. The van der Waals surface area contributed by atoms with E-state index in [4.69, 9.17) is 19.2 Å². The largest absolute Gasteiger partial charge is 0.490 e. The van der Waals surface area contributed by atoms with Crippen LogP contribution in [0.15, 0.2) is 95.1 Å². The summed E-state index contributed by atoms with van der Waals surface area (Å²) in [5.41, 5.74) is 4.13. The molecule has 3 aromatic rings. The molecule has 0 saturated heterocycles. The molecule has 1 heterocycles. The number of ether oxygens (including phenoxy) is 3. The summed E-state index contributed by atoms with van der Waals surface area (Å²) < 4.78 is 17.5. The Labute approximate surface area is 223 Å². The molecule has 6 nitrogen and oxygen atoms in total. The number of benzene rings is 3. The standard InChI is InChI=1S/C30H32N2O4S/c1-5-34-26-19-23(17-18-25(26)36-20-22-13-9-7-10-14-22)28-27(29(33)35-6-2)21(3)32(30(31-28)37-4)24-15-11-8-12-16-24/h7-19,28H,5-6,20H2,1-4H3/t28-/m0/s1. The van der Waals surface area contributed by atoms with Gasteiger partial charge in [-0.05, 0) is 62.4 Å². The predicted molar refractivity (Wildman–Crippen MR) is 150 cm³/mol. The number of hydrogen-bond donors (Lipinski definition) is 0. The minimum atomic E-state index is -0.538. The van der Waals surface area contributed by atoms with Crippen molar-refractivity contribution in [1.82, 2.24) is 0 Å². The normalized spacial score (nSPS) is 15.3. The number of para-hydroxylation sites is 1. The Morgan fingerprint density at radius 3 is 2.27 bits per heavy atom. The van der Waals surface area contributed by atoms with Crippen LogP contribution in [0.3, 0.4) is 0 Å². The lowest BCUT2D eigenvalue weighted by Gasteiger charge is -2.34. The van der Waals surface area contributed by atoms with E-state index in [0.717, 1.165) is 27.7 Å². The van der Waals surface area contributed by atoms with Crippen LogP contribution in [0.25, 0.3) is 0 Å². The van der Waals surface area contributed by atoms with Crippen LogP contribution in [0.2, 0.25) is 0 Å². The Kier molecular flexibility index (Phi) is 8.90. The minimum Gasteiger partial charge on any atom is -0.490 e. The van der Waals surface area contributed by atoms with Gasteiger partial charge < -0.3 is 14.2 Å². The second-order valence-corrected chi connectivity index (χ2v) is 9.10. The van der Waals surface area contributed by atoms with Gasteiger partial charge in [0.15, 0.2) is 16.7 Å². The topological polar surface area (TPSA) is 60.4 Å². The Morgan fingerprint density at radius 1 is 0.919 bits per heavy atom. The zero-order valence-corrected chi connectivity index (χ0v) is 22.5. The van der Waals surface area contributed by atoms with Crippen LogP contribution in [0.4, 0.5) is 5.69 Å². The minimum absolute atomic E-state index is 0.281. The number of nitrogens with zero attached hydrogens (tertiary/aromatic N) is 2. The quantitative estimate of drug-likeness (QED) is 0.292. The molecule has 1 aliphatic heterocycles. The first-order valence-corrected chi connectivity index (χ1v) is 13.6. The highest BCUT2D eigenvalue weighted by Gasteiger charge is 2.35. The summed E-state index contributed by atoms with van der Waals surface area (Å²) in [7, 11) is 0. The van der Waals surface area contributed by atoms with Gasteiger partial charge in [-0.2, -0.15) is 0 Å². The number of amidine groups is 1. The lowest BCUT2D eigenvalue weighted by atomic mass is 9.95. The Bertz CT molecular complexity index is 1280. The van der Waals surface area contributed by atoms with Gasteiger partial charge in [0.1, 0.15) is 12.6 Å². The van der Waals surface area contributed by atoms with Crippen LogP contribution in [0.1, 0.15) is 37.9 Å². The number of anilines is 1. The van der Waals surface area contributed by atoms with Crippen molar-refractivity contribution in [2.24, 2.45) is 4.99 Å². The molecular formula is C30H32N2O4S. The maximum absolute atomic E-state index is 13.3. The van der Waals surface area contributed by atoms with E-state index < -0.39 is 6.04 Å². The molecule has 0 unspecified atom stereocenters. The maximum atomic E-state index is 13.3. The Hall–Kier alpha value is -3.71. The highest BCUT2D eigenvalue weighted by molar-refractivity contribution is 8.13. The van der Waals surface area contributed by atoms with E-state index in [0.29, 0.717) is 30.3 Å². The molecule has 0 amide bonds. The van der Waals surface area contributed by atoms with Crippen LogP contribution in [0.5, 0.6) is 11.5 Å². The molecule has 7 heteroatoms. The second-order valence-electron chi connectivity index (χ2n) is 8.32. The van der Waals surface area contributed by atoms with Crippen molar-refractivity contribution < 1.29 is 19.0 Å². The van der Waals surface area contributed by atoms with Crippen molar-refractivity contribution in [1.29, 1.82) is 0 Å². The first-order valence-electron chi connectivity index (χ1n) is 12.4. The third-order valence-electron chi connectivity index (χ3n) is 5.94. The van der Waals surface area contributed by atoms with Crippen LogP contribution in [-0.2, 0) is 16.1 Å². The van der Waals surface area contributed by atoms with Gasteiger partial charge in [0.25, 0.3) is 0 Å². The van der Waals surface area contributed by atoms with Crippen LogP contribution < -0.4 is 14.4 Å². The molecule has 4 rings (SSSR count). The van der Waals surface area contributed by atoms with Gasteiger partial charge in [-0.15, -0.1) is 0 Å². The van der Waals surface area contributed by atoms with E-state index in [-0.39, 0.29) is 12.6 Å². The number of aliphatic imine (C=N–C) groups is 1. The summed E-state index contributed by atoms with van der Waals surface area (Å²) >= 11 is 1.54. The van der Waals surface area contributed by atoms with Crippen molar-refractivity contribution >= 4 is 28.6 Å². The van der Waals surface area contributed by atoms with Gasteiger partial charge >= 0.3 is 5.97 Å². The lowest BCUT2D eigenvalue weighted by Crippen LogP contribution is -2.35. The zero-order chi connectivity index (χ0) is 26.2. The Balaban J connectivity index is 1.74. The fraction of sp³-hybridized carbons (Fsp3) is 0.267. The van der Waals surface area contributed by atoms with E-state index in [1.54, 1.807) is 0 Å². The first kappa shape index (κ1) is 26.4. The van der Waals surface area contributed by atoms with Crippen LogP contribution in [-0.4, -0.2) is 30.6 Å². The molecule has 0 aliphatic carbocycles. The van der Waals surface area contributed by atoms with Gasteiger partial charge in [-0.3, -0.25) is 4.90 Å². The summed E-state index contributed by atoms with van der Waals surface area (Å²) in [5, 5.41) is 0.795. The highest BCUT2D eigenvalue weighted by Crippen LogP contribution is 2.41. The van der Waals surface area contributed by atoms with Crippen molar-refractivity contribution in [2.45, 2.75) is 33.4 Å². The number of thioether (sulfide) groups is 1. The van der Waals surface area contributed by atoms with Gasteiger partial charge in [0.05, 0.1) is 18.8 Å². The summed E-state index contributed by atoms with van der Waals surface area (Å²) in [6, 6.07) is 25.1. The molecule has 0 radical (unpaired) electrons. The number of carbonyl (C=O) groups is 1. The molecule has 37 heavy (non-hydrogen) atoms. The summed E-state index contributed by atoms with van der Waals surface area (Å²) in [6.45, 7) is 6.88. The fourth-order valence-corrected chi connectivity index (χ4v) is 4.88. The first-order chi connectivity index (χ1) is 18.1. The molecule has 0 bridgehead atoms. The van der Waals surface area contributed by atoms with E-state index in [1.165, 1.54) is 11.8 Å². The number of rotatable bonds is 9. The molecule has 0 fully saturated rings. The molecule has 0 saturated carbocycles.